The first-order chi connectivity index (χ1) is 6.60. The molecule has 0 N–H and O–H groups in total. The molecule has 0 amide bonds. The van der Waals surface area contributed by atoms with Crippen LogP contribution in [0, 0.1) is 5.95 Å². The third-order valence-electron chi connectivity index (χ3n) is 1.57. The van der Waals surface area contributed by atoms with Crippen LogP contribution in [0.1, 0.15) is 12.0 Å². The van der Waals surface area contributed by atoms with Crippen LogP contribution in [0.3, 0.4) is 0 Å². The fourth-order valence-corrected chi connectivity index (χ4v) is 1.00. The molecule has 0 radical (unpaired) electrons. The van der Waals surface area contributed by atoms with Gasteiger partial charge in [-0.1, -0.05) is 0 Å². The molecule has 0 bridgehead atoms. The highest BCUT2D eigenvalue weighted by atomic mass is 19.3. The number of halogens is 3. The number of alkyl halides is 2. The maximum atomic E-state index is 12.7. The van der Waals surface area contributed by atoms with Crippen LogP contribution in [0.2, 0.25) is 0 Å². The van der Waals surface area contributed by atoms with Crippen LogP contribution in [0.25, 0.3) is 0 Å². The number of hydrogen-bond acceptors (Lipinski definition) is 3. The second kappa shape index (κ2) is 4.17. The van der Waals surface area contributed by atoms with Crippen molar-refractivity contribution in [1.82, 2.24) is 4.98 Å². The fraction of sp³-hybridized carbons (Fsp3) is 0.375. The minimum atomic E-state index is -2.84. The Labute approximate surface area is 78.5 Å². The Hall–Kier alpha value is -1.46. The van der Waals surface area contributed by atoms with E-state index in [4.69, 9.17) is 0 Å². The summed E-state index contributed by atoms with van der Waals surface area (Å²) < 4.78 is 46.7. The van der Waals surface area contributed by atoms with Crippen molar-refractivity contribution in [2.75, 3.05) is 14.2 Å². The van der Waals surface area contributed by atoms with Gasteiger partial charge < -0.3 is 9.47 Å². The molecule has 1 heterocycles. The zero-order valence-corrected chi connectivity index (χ0v) is 7.55. The molecule has 3 nitrogen and oxygen atoms in total. The van der Waals surface area contributed by atoms with Gasteiger partial charge in [-0.2, -0.15) is 9.37 Å². The highest BCUT2D eigenvalue weighted by molar-refractivity contribution is 5.42. The summed E-state index contributed by atoms with van der Waals surface area (Å²) in [4.78, 5) is 3.26. The van der Waals surface area contributed by atoms with Crippen molar-refractivity contribution < 1.29 is 22.6 Å². The van der Waals surface area contributed by atoms with E-state index in [2.05, 4.69) is 14.5 Å². The van der Waals surface area contributed by atoms with E-state index in [0.717, 1.165) is 0 Å². The number of aromatic nitrogens is 1. The molecule has 0 aliphatic rings. The highest BCUT2D eigenvalue weighted by Gasteiger charge is 2.20. The molecule has 0 fully saturated rings. The van der Waals surface area contributed by atoms with E-state index in [1.807, 2.05) is 0 Å². The van der Waals surface area contributed by atoms with Crippen molar-refractivity contribution in [3.63, 3.8) is 0 Å². The van der Waals surface area contributed by atoms with Gasteiger partial charge in [-0.3, -0.25) is 0 Å². The minimum Gasteiger partial charge on any atom is -0.491 e. The van der Waals surface area contributed by atoms with Gasteiger partial charge in [0.1, 0.15) is 0 Å². The molecule has 1 rings (SSSR count). The zero-order valence-electron chi connectivity index (χ0n) is 7.55. The third kappa shape index (κ3) is 1.89. The Bertz CT molecular complexity index is 331. The van der Waals surface area contributed by atoms with Gasteiger partial charge in [-0.15, -0.1) is 0 Å². The molecule has 78 valence electrons. The standard InChI is InChI=1S/C8H8F3NO2/c1-13-6-4(7(10)11)3-5(9)12-8(6)14-2/h3,7H,1-2H3. The second-order valence-corrected chi connectivity index (χ2v) is 2.38. The molecule has 0 atom stereocenters. The SMILES string of the molecule is COc1nc(F)cc(C(F)F)c1OC. The molecular formula is C8H8F3NO2. The van der Waals surface area contributed by atoms with Crippen molar-refractivity contribution in [2.45, 2.75) is 6.43 Å². The van der Waals surface area contributed by atoms with Crippen LogP contribution in [0.15, 0.2) is 6.07 Å². The lowest BCUT2D eigenvalue weighted by molar-refractivity contribution is 0.145. The fourth-order valence-electron chi connectivity index (χ4n) is 1.00. The summed E-state index contributed by atoms with van der Waals surface area (Å²) in [7, 11) is 2.38. The van der Waals surface area contributed by atoms with Gasteiger partial charge in [0.2, 0.25) is 5.95 Å². The molecule has 0 aliphatic carbocycles. The Morgan fingerprint density at radius 1 is 1.29 bits per heavy atom. The van der Waals surface area contributed by atoms with Crippen molar-refractivity contribution in [3.8, 4) is 11.6 Å². The summed E-state index contributed by atoms with van der Waals surface area (Å²) in [6.07, 6.45) is -2.84. The molecule has 0 unspecified atom stereocenters. The maximum absolute atomic E-state index is 12.7. The van der Waals surface area contributed by atoms with E-state index in [1.165, 1.54) is 14.2 Å². The first-order valence-corrected chi connectivity index (χ1v) is 3.66. The van der Waals surface area contributed by atoms with Gasteiger partial charge in [0.25, 0.3) is 12.3 Å². The van der Waals surface area contributed by atoms with E-state index in [0.29, 0.717) is 6.07 Å². The Balaban J connectivity index is 3.31. The Kier molecular flexibility index (Phi) is 3.16. The molecule has 1 aromatic rings. The smallest absolute Gasteiger partial charge is 0.267 e. The monoisotopic (exact) mass is 207 g/mol. The number of nitrogens with zero attached hydrogens (tertiary/aromatic N) is 1. The second-order valence-electron chi connectivity index (χ2n) is 2.38. The lowest BCUT2D eigenvalue weighted by Gasteiger charge is -2.10. The van der Waals surface area contributed by atoms with E-state index in [-0.39, 0.29) is 11.6 Å². The molecule has 6 heteroatoms. The highest BCUT2D eigenvalue weighted by Crippen LogP contribution is 2.35. The maximum Gasteiger partial charge on any atom is 0.267 e. The van der Waals surface area contributed by atoms with E-state index >= 15 is 0 Å². The van der Waals surface area contributed by atoms with Gasteiger partial charge in [0.05, 0.1) is 19.8 Å². The number of ether oxygens (including phenoxy) is 2. The molecule has 0 saturated carbocycles. The van der Waals surface area contributed by atoms with Crippen molar-refractivity contribution >= 4 is 0 Å². The molecule has 0 aliphatic heterocycles. The Morgan fingerprint density at radius 2 is 1.93 bits per heavy atom. The zero-order chi connectivity index (χ0) is 10.7. The topological polar surface area (TPSA) is 31.4 Å². The van der Waals surface area contributed by atoms with Gasteiger partial charge in [0, 0.05) is 6.07 Å². The minimum absolute atomic E-state index is 0.246. The summed E-state index contributed by atoms with van der Waals surface area (Å²) >= 11 is 0. The first-order valence-electron chi connectivity index (χ1n) is 3.66. The number of hydrogen-bond donors (Lipinski definition) is 0. The Morgan fingerprint density at radius 3 is 2.36 bits per heavy atom. The molecule has 0 aromatic carbocycles. The van der Waals surface area contributed by atoms with Crippen LogP contribution in [0.4, 0.5) is 13.2 Å². The summed E-state index contributed by atoms with van der Waals surface area (Å²) in [6.45, 7) is 0. The predicted octanol–water partition coefficient (Wildman–Crippen LogP) is 2.18. The van der Waals surface area contributed by atoms with Crippen molar-refractivity contribution in [2.24, 2.45) is 0 Å². The number of methoxy groups -OCH3 is 2. The van der Waals surface area contributed by atoms with Gasteiger partial charge in [-0.25, -0.2) is 8.78 Å². The largest absolute Gasteiger partial charge is 0.491 e. The summed E-state index contributed by atoms with van der Waals surface area (Å²) in [5.41, 5.74) is -0.572. The molecule has 1 aromatic heterocycles. The third-order valence-corrected chi connectivity index (χ3v) is 1.57. The molecular weight excluding hydrogens is 199 g/mol. The first kappa shape index (κ1) is 10.6. The lowest BCUT2D eigenvalue weighted by Crippen LogP contribution is -2.00. The van der Waals surface area contributed by atoms with Gasteiger partial charge in [-0.05, 0) is 0 Å². The summed E-state index contributed by atoms with van der Waals surface area (Å²) in [6, 6.07) is 0.617. The van der Waals surface area contributed by atoms with Gasteiger partial charge in [0.15, 0.2) is 5.75 Å². The van der Waals surface area contributed by atoms with Crippen LogP contribution >= 0.6 is 0 Å². The van der Waals surface area contributed by atoms with Crippen LogP contribution in [-0.4, -0.2) is 19.2 Å². The van der Waals surface area contributed by atoms with Crippen molar-refractivity contribution in [1.29, 1.82) is 0 Å². The van der Waals surface area contributed by atoms with Crippen molar-refractivity contribution in [3.05, 3.63) is 17.6 Å². The quantitative estimate of drug-likeness (QED) is 0.712. The lowest BCUT2D eigenvalue weighted by atomic mass is 10.2. The van der Waals surface area contributed by atoms with E-state index < -0.39 is 17.9 Å². The average Bonchev–Trinajstić information content (AvgIpc) is 2.16. The summed E-state index contributed by atoms with van der Waals surface area (Å²) in [5.74, 6) is -1.57. The predicted molar refractivity (Wildman–Crippen MR) is 42.3 cm³/mol. The molecule has 0 saturated heterocycles. The molecule has 0 spiro atoms. The van der Waals surface area contributed by atoms with E-state index in [9.17, 15) is 13.2 Å². The normalized spacial score (nSPS) is 10.4. The van der Waals surface area contributed by atoms with Crippen LogP contribution in [0.5, 0.6) is 11.6 Å². The van der Waals surface area contributed by atoms with Crippen LogP contribution < -0.4 is 9.47 Å². The van der Waals surface area contributed by atoms with Crippen LogP contribution in [-0.2, 0) is 0 Å². The average molecular weight is 207 g/mol. The number of pyridine rings is 1. The summed E-state index contributed by atoms with van der Waals surface area (Å²) in [5, 5.41) is 0. The van der Waals surface area contributed by atoms with E-state index in [1.54, 1.807) is 0 Å². The molecule has 14 heavy (non-hydrogen) atoms. The number of rotatable bonds is 3. The van der Waals surface area contributed by atoms with Gasteiger partial charge >= 0.3 is 0 Å².